The Morgan fingerprint density at radius 2 is 0.374 bits per heavy atom. The fourth-order valence-corrected chi connectivity index (χ4v) is 10.6. The SMILES string of the molecule is CCCCNC(=O)COc1cc2c(OCC(=O)OCC)cc1Cc1cc(OCC(=O)OCC)c(cc1OCC(=O)OCC)Cc1cc(OCC(=O)OCC)c(cc1OCC(=O)OCC)Cc1cc(OCC(=O)OCC)c(cc1OCC(=O)OCC)Cc1cc(OCC(=O)OCC)c(cc1OCC(=O)OCC)C2. The van der Waals surface area contributed by atoms with E-state index in [0.29, 0.717) is 13.0 Å². The van der Waals surface area contributed by atoms with Gasteiger partial charge < -0.3 is 95.3 Å². The van der Waals surface area contributed by atoms with Crippen LogP contribution in [-0.2, 0) is 123 Å². The quantitative estimate of drug-likeness (QED) is 0.0217. The van der Waals surface area contributed by atoms with Gasteiger partial charge in [-0.05, 0) is 129 Å². The average Bonchev–Trinajstić information content (AvgIpc) is 1.54. The summed E-state index contributed by atoms with van der Waals surface area (Å²) in [7, 11) is 0. The van der Waals surface area contributed by atoms with Crippen LogP contribution in [0.1, 0.15) is 138 Å². The van der Waals surface area contributed by atoms with E-state index >= 15 is 0 Å². The van der Waals surface area contributed by atoms with Crippen molar-refractivity contribution < 1.29 is 138 Å². The molecule has 0 saturated heterocycles. The standard InChI is InChI=1S/C77H95NO29/c1-11-21-22-78-68(79)38-98-58-28-49-24-51-31-63(103-43-73(84)93-16-6)53(33-62(51)102-42-72(83)92-15-5)26-55-35-67(107-47-77(88)97-20-10)57(37-66(55)106-46-76(87)96-19-9)27-56-36-64(104-44-74(85)94-17-7)54(34-65(56)105-45-75(86)95-18-8)25-52-32-60(100-40-70(81)90-13-3)50(30-61(52)101-41-71(82)91-14-4)23-48(58)29-59(49)99-39-69(80)89-12-2/h28-37H,11-27,38-47H2,1-10H3,(H,78,79). The lowest BCUT2D eigenvalue weighted by atomic mass is 9.94. The number of rotatable bonds is 42. The number of unbranched alkanes of at least 4 members (excludes halogenated alkanes) is 1. The molecule has 0 fully saturated rings. The van der Waals surface area contributed by atoms with E-state index < -0.39 is 126 Å². The zero-order chi connectivity index (χ0) is 77.6. The Kier molecular flexibility index (Phi) is 35.8. The van der Waals surface area contributed by atoms with Crippen molar-refractivity contribution in [3.8, 4) is 57.5 Å². The van der Waals surface area contributed by atoms with Gasteiger partial charge in [-0.1, -0.05) is 13.3 Å². The van der Waals surface area contributed by atoms with Crippen LogP contribution in [0.5, 0.6) is 57.5 Å². The van der Waals surface area contributed by atoms with Gasteiger partial charge in [0.2, 0.25) is 0 Å². The van der Waals surface area contributed by atoms with Crippen molar-refractivity contribution in [2.45, 2.75) is 114 Å². The highest BCUT2D eigenvalue weighted by atomic mass is 16.6. The van der Waals surface area contributed by atoms with Crippen molar-refractivity contribution in [3.63, 3.8) is 0 Å². The Labute approximate surface area is 620 Å². The first-order valence-corrected chi connectivity index (χ1v) is 35.4. The number of nitrogens with one attached hydrogen (secondary N) is 1. The van der Waals surface area contributed by atoms with Crippen LogP contribution in [-0.4, -0.2) is 192 Å². The maximum atomic E-state index is 13.7. The van der Waals surface area contributed by atoms with Crippen LogP contribution >= 0.6 is 0 Å². The third-order valence-electron chi connectivity index (χ3n) is 15.2. The van der Waals surface area contributed by atoms with Gasteiger partial charge in [0.15, 0.2) is 66.1 Å². The highest BCUT2D eigenvalue weighted by molar-refractivity contribution is 5.78. The van der Waals surface area contributed by atoms with Crippen LogP contribution in [0.3, 0.4) is 0 Å². The highest BCUT2D eigenvalue weighted by Gasteiger charge is 2.28. The summed E-state index contributed by atoms with van der Waals surface area (Å²) in [6.07, 6.45) is 0.245. The van der Waals surface area contributed by atoms with Crippen molar-refractivity contribution in [1.82, 2.24) is 5.32 Å². The molecule has 0 aliphatic heterocycles. The zero-order valence-electron chi connectivity index (χ0n) is 62.2. The summed E-state index contributed by atoms with van der Waals surface area (Å²) in [5.41, 5.74) is 2.46. The molecule has 15 rings (SSSR count). The van der Waals surface area contributed by atoms with Gasteiger partial charge in [-0.15, -0.1) is 0 Å². The van der Waals surface area contributed by atoms with E-state index in [-0.39, 0.29) is 205 Å². The lowest BCUT2D eigenvalue weighted by Crippen LogP contribution is -2.29. The second-order valence-electron chi connectivity index (χ2n) is 23.1. The van der Waals surface area contributed by atoms with Gasteiger partial charge in [0.05, 0.1) is 59.5 Å². The van der Waals surface area contributed by atoms with Gasteiger partial charge in [-0.25, -0.2) is 43.2 Å². The number of carbonyl (C=O) groups is 10. The molecule has 1 amide bonds. The summed E-state index contributed by atoms with van der Waals surface area (Å²) in [5, 5.41) is 2.86. The molecular weight excluding hydrogens is 1400 g/mol. The second-order valence-corrected chi connectivity index (χ2v) is 23.1. The predicted molar refractivity (Wildman–Crippen MR) is 379 cm³/mol. The number of esters is 9. The minimum absolute atomic E-state index is 0.00922. The van der Waals surface area contributed by atoms with Crippen LogP contribution < -0.4 is 52.7 Å². The molecular formula is C77H95NO29. The molecule has 0 spiro atoms. The van der Waals surface area contributed by atoms with Crippen molar-refractivity contribution in [2.24, 2.45) is 0 Å². The molecule has 0 atom stereocenters. The Morgan fingerprint density at radius 1 is 0.234 bits per heavy atom. The average molecular weight is 1500 g/mol. The molecule has 582 valence electrons. The number of hydrogen-bond donors (Lipinski definition) is 1. The second kappa shape index (κ2) is 45.2. The molecule has 10 aliphatic rings. The number of hydrogen-bond acceptors (Lipinski definition) is 29. The molecule has 30 nitrogen and oxygen atoms in total. The number of benzene rings is 5. The van der Waals surface area contributed by atoms with E-state index in [4.69, 9.17) is 90.0 Å². The minimum Gasteiger partial charge on any atom is -0.483 e. The molecule has 10 bridgehead atoms. The smallest absolute Gasteiger partial charge is 0.344 e. The maximum Gasteiger partial charge on any atom is 0.344 e. The fraction of sp³-hybridized carbons (Fsp3) is 0.481. The Hall–Kier alpha value is -11.2. The summed E-state index contributed by atoms with van der Waals surface area (Å²) in [5.74, 6) is -7.22. The summed E-state index contributed by atoms with van der Waals surface area (Å²) in [4.78, 5) is 134. The normalized spacial score (nSPS) is 11.3. The van der Waals surface area contributed by atoms with E-state index in [1.54, 1.807) is 74.4 Å². The lowest BCUT2D eigenvalue weighted by molar-refractivity contribution is -0.146. The monoisotopic (exact) mass is 1500 g/mol. The van der Waals surface area contributed by atoms with E-state index in [2.05, 4.69) is 5.32 Å². The van der Waals surface area contributed by atoms with E-state index in [1.165, 1.54) is 48.5 Å². The predicted octanol–water partition coefficient (Wildman–Crippen LogP) is 7.73. The van der Waals surface area contributed by atoms with Crippen molar-refractivity contribution in [1.29, 1.82) is 0 Å². The van der Waals surface area contributed by atoms with Crippen LogP contribution in [0.4, 0.5) is 0 Å². The molecule has 0 heterocycles. The lowest BCUT2D eigenvalue weighted by Gasteiger charge is -2.22. The molecule has 1 N–H and O–H groups in total. The summed E-state index contributed by atoms with van der Waals surface area (Å²) >= 11 is 0. The topological polar surface area (TPSA) is 358 Å². The van der Waals surface area contributed by atoms with Gasteiger partial charge in [0.1, 0.15) is 57.5 Å². The van der Waals surface area contributed by atoms with Crippen molar-refractivity contribution >= 4 is 59.6 Å². The van der Waals surface area contributed by atoms with Crippen molar-refractivity contribution in [3.05, 3.63) is 116 Å². The van der Waals surface area contributed by atoms with Crippen LogP contribution in [0.2, 0.25) is 0 Å². The number of ether oxygens (including phenoxy) is 19. The van der Waals surface area contributed by atoms with Crippen LogP contribution in [0.15, 0.2) is 60.7 Å². The third kappa shape index (κ3) is 28.0. The third-order valence-corrected chi connectivity index (χ3v) is 15.2. The molecule has 107 heavy (non-hydrogen) atoms. The van der Waals surface area contributed by atoms with E-state index in [1.807, 2.05) is 6.92 Å². The van der Waals surface area contributed by atoms with E-state index in [9.17, 15) is 47.9 Å². The molecule has 5 aromatic rings. The molecule has 30 heteroatoms. The summed E-state index contributed by atoms with van der Waals surface area (Å²) in [6.45, 7) is 10.2. The highest BCUT2D eigenvalue weighted by Crippen LogP contribution is 2.43. The molecule has 0 saturated carbocycles. The van der Waals surface area contributed by atoms with Gasteiger partial charge in [0, 0.05) is 94.3 Å². The summed E-state index contributed by atoms with van der Waals surface area (Å²) < 4.78 is 112. The molecule has 0 unspecified atom stereocenters. The molecule has 5 aromatic carbocycles. The molecule has 10 aliphatic carbocycles. The van der Waals surface area contributed by atoms with Gasteiger partial charge in [-0.3, -0.25) is 4.79 Å². The van der Waals surface area contributed by atoms with Gasteiger partial charge >= 0.3 is 53.7 Å². The first-order valence-electron chi connectivity index (χ1n) is 35.4. The van der Waals surface area contributed by atoms with Crippen molar-refractivity contribution in [2.75, 3.05) is 132 Å². The van der Waals surface area contributed by atoms with Crippen LogP contribution in [0, 0.1) is 0 Å². The molecule has 0 aromatic heterocycles. The Bertz CT molecular complexity index is 3670. The number of carbonyl (C=O) groups excluding carboxylic acids is 10. The minimum atomic E-state index is -0.770. The maximum absolute atomic E-state index is 13.7. The van der Waals surface area contributed by atoms with E-state index in [0.717, 1.165) is 6.42 Å². The summed E-state index contributed by atoms with van der Waals surface area (Å²) in [6, 6.07) is 15.3. The molecule has 0 radical (unpaired) electrons. The Morgan fingerprint density at radius 3 is 0.505 bits per heavy atom. The van der Waals surface area contributed by atoms with Crippen LogP contribution in [0.25, 0.3) is 0 Å². The first-order chi connectivity index (χ1) is 51.7. The zero-order valence-corrected chi connectivity index (χ0v) is 62.2. The Balaban J connectivity index is 1.88. The largest absolute Gasteiger partial charge is 0.483 e. The number of amides is 1. The van der Waals surface area contributed by atoms with Gasteiger partial charge in [-0.2, -0.15) is 0 Å². The fourth-order valence-electron chi connectivity index (χ4n) is 10.6. The first kappa shape index (κ1) is 84.7. The van der Waals surface area contributed by atoms with Gasteiger partial charge in [0.25, 0.3) is 5.91 Å².